The highest BCUT2D eigenvalue weighted by molar-refractivity contribution is 6.74. The summed E-state index contributed by atoms with van der Waals surface area (Å²) in [6.45, 7) is 13.2. The highest BCUT2D eigenvalue weighted by Gasteiger charge is 2.38. The lowest BCUT2D eigenvalue weighted by Crippen LogP contribution is -2.40. The van der Waals surface area contributed by atoms with Crippen molar-refractivity contribution in [3.63, 3.8) is 0 Å². The van der Waals surface area contributed by atoms with Crippen molar-refractivity contribution in [2.75, 3.05) is 0 Å². The van der Waals surface area contributed by atoms with Gasteiger partial charge in [-0.05, 0) is 37.2 Å². The van der Waals surface area contributed by atoms with Crippen LogP contribution >= 0.6 is 0 Å². The van der Waals surface area contributed by atoms with E-state index in [1.807, 2.05) is 25.1 Å². The summed E-state index contributed by atoms with van der Waals surface area (Å²) in [6, 6.07) is 3.81. The minimum Gasteiger partial charge on any atom is -0.547 e. The predicted molar refractivity (Wildman–Crippen MR) is 70.6 cm³/mol. The van der Waals surface area contributed by atoms with Gasteiger partial charge in [-0.15, -0.1) is 0 Å². The van der Waals surface area contributed by atoms with Gasteiger partial charge in [0.05, 0.1) is 12.0 Å². The minimum atomic E-state index is -1.71. The Kier molecular flexibility index (Phi) is 3.68. The van der Waals surface area contributed by atoms with E-state index in [0.29, 0.717) is 0 Å². The second-order valence-corrected chi connectivity index (χ2v) is 10.4. The quantitative estimate of drug-likeness (QED) is 0.564. The van der Waals surface area contributed by atoms with E-state index in [1.54, 1.807) is 6.26 Å². The van der Waals surface area contributed by atoms with E-state index in [4.69, 9.17) is 8.84 Å². The molecule has 1 heterocycles. The first-order valence-corrected chi connectivity index (χ1v) is 8.54. The number of hydrogen-bond donors (Lipinski definition) is 0. The first kappa shape index (κ1) is 13.1. The molecule has 2 nitrogen and oxygen atoms in total. The zero-order valence-electron chi connectivity index (χ0n) is 11.1. The average Bonchev–Trinajstić information content (AvgIpc) is 2.52. The summed E-state index contributed by atoms with van der Waals surface area (Å²) in [7, 11) is -1.71. The van der Waals surface area contributed by atoms with Crippen molar-refractivity contribution in [2.24, 2.45) is 0 Å². The lowest BCUT2D eigenvalue weighted by molar-refractivity contribution is 0.389. The summed E-state index contributed by atoms with van der Waals surface area (Å²) < 4.78 is 11.4. The van der Waals surface area contributed by atoms with E-state index in [2.05, 4.69) is 33.9 Å². The molecule has 0 unspecified atom stereocenters. The molecule has 0 amide bonds. The Labute approximate surface area is 99.4 Å². The number of furan rings is 1. The van der Waals surface area contributed by atoms with Gasteiger partial charge in [0.25, 0.3) is 0 Å². The van der Waals surface area contributed by atoms with Crippen molar-refractivity contribution in [3.05, 3.63) is 29.9 Å². The van der Waals surface area contributed by atoms with Gasteiger partial charge >= 0.3 is 0 Å². The van der Waals surface area contributed by atoms with Crippen molar-refractivity contribution in [1.29, 1.82) is 0 Å². The maximum Gasteiger partial charge on any atom is 0.250 e. The van der Waals surface area contributed by atoms with Crippen molar-refractivity contribution >= 4 is 14.4 Å². The van der Waals surface area contributed by atoms with Gasteiger partial charge in [0, 0.05) is 6.08 Å². The zero-order chi connectivity index (χ0) is 12.4. The van der Waals surface area contributed by atoms with Crippen LogP contribution in [0.4, 0.5) is 0 Å². The fourth-order valence-corrected chi connectivity index (χ4v) is 2.33. The van der Waals surface area contributed by atoms with Crippen LogP contribution in [-0.4, -0.2) is 8.32 Å². The normalized spacial score (nSPS) is 14.0. The van der Waals surface area contributed by atoms with Crippen molar-refractivity contribution in [3.8, 4) is 0 Å². The maximum atomic E-state index is 6.12. The maximum absolute atomic E-state index is 6.12. The molecule has 0 saturated carbocycles. The molecule has 0 spiro atoms. The van der Waals surface area contributed by atoms with Gasteiger partial charge < -0.3 is 8.84 Å². The molecule has 0 fully saturated rings. The summed E-state index contributed by atoms with van der Waals surface area (Å²) in [5.41, 5.74) is 0. The van der Waals surface area contributed by atoms with Crippen molar-refractivity contribution in [2.45, 2.75) is 45.8 Å². The molecule has 1 aromatic rings. The van der Waals surface area contributed by atoms with Gasteiger partial charge in [-0.2, -0.15) is 0 Å². The van der Waals surface area contributed by atoms with Crippen molar-refractivity contribution < 1.29 is 8.84 Å². The molecule has 0 radical (unpaired) electrons. The fourth-order valence-electron chi connectivity index (χ4n) is 1.16. The van der Waals surface area contributed by atoms with Crippen LogP contribution in [0.15, 0.2) is 28.6 Å². The Bertz CT molecular complexity index is 356. The largest absolute Gasteiger partial charge is 0.547 e. The Morgan fingerprint density at radius 2 is 2.00 bits per heavy atom. The van der Waals surface area contributed by atoms with Crippen LogP contribution in [0.5, 0.6) is 0 Å². The highest BCUT2D eigenvalue weighted by Crippen LogP contribution is 2.37. The van der Waals surface area contributed by atoms with E-state index in [-0.39, 0.29) is 5.04 Å². The Hall–Kier alpha value is -0.963. The predicted octanol–water partition coefficient (Wildman–Crippen LogP) is 4.66. The molecule has 1 rings (SSSR count). The molecule has 0 bridgehead atoms. The standard InChI is InChI=1S/C13H22O2Si/c1-11(10-12-8-7-9-14-12)15-16(5,6)13(2,3)4/h7-10H,1-6H3/b11-10-. The number of allylic oxidation sites excluding steroid dienone is 1. The molecule has 0 atom stereocenters. The molecule has 1 aromatic heterocycles. The summed E-state index contributed by atoms with van der Waals surface area (Å²) in [4.78, 5) is 0. The number of hydrogen-bond acceptors (Lipinski definition) is 2. The van der Waals surface area contributed by atoms with Gasteiger partial charge in [0.2, 0.25) is 8.32 Å². The first-order valence-electron chi connectivity index (χ1n) is 5.63. The number of rotatable bonds is 3. The smallest absolute Gasteiger partial charge is 0.250 e. The van der Waals surface area contributed by atoms with Gasteiger partial charge in [0.1, 0.15) is 5.76 Å². The summed E-state index contributed by atoms with van der Waals surface area (Å²) in [6.07, 6.45) is 3.62. The molecule has 0 aromatic carbocycles. The molecule has 16 heavy (non-hydrogen) atoms. The monoisotopic (exact) mass is 238 g/mol. The molecule has 3 heteroatoms. The minimum absolute atomic E-state index is 0.227. The topological polar surface area (TPSA) is 22.4 Å². The summed E-state index contributed by atoms with van der Waals surface area (Å²) >= 11 is 0. The third-order valence-corrected chi connectivity index (χ3v) is 7.56. The highest BCUT2D eigenvalue weighted by atomic mass is 28.4. The third kappa shape index (κ3) is 3.27. The fraction of sp³-hybridized carbons (Fsp3) is 0.538. The molecule has 0 aliphatic heterocycles. The van der Waals surface area contributed by atoms with E-state index in [0.717, 1.165) is 11.5 Å². The van der Waals surface area contributed by atoms with Gasteiger partial charge in [-0.1, -0.05) is 20.8 Å². The zero-order valence-corrected chi connectivity index (χ0v) is 12.1. The second-order valence-electron chi connectivity index (χ2n) is 5.63. The molecular weight excluding hydrogens is 216 g/mol. The first-order chi connectivity index (χ1) is 7.22. The third-order valence-electron chi connectivity index (χ3n) is 3.11. The average molecular weight is 238 g/mol. The molecule has 90 valence electrons. The SMILES string of the molecule is C/C(=C/c1ccco1)O[Si](C)(C)C(C)(C)C. The van der Waals surface area contributed by atoms with E-state index < -0.39 is 8.32 Å². The van der Waals surface area contributed by atoms with E-state index >= 15 is 0 Å². The molecule has 0 saturated heterocycles. The second kappa shape index (κ2) is 4.50. The summed E-state index contributed by atoms with van der Waals surface area (Å²) in [5, 5.41) is 0.227. The summed E-state index contributed by atoms with van der Waals surface area (Å²) in [5.74, 6) is 1.78. The molecule has 0 aliphatic rings. The Balaban J connectivity index is 2.75. The Morgan fingerprint density at radius 1 is 1.38 bits per heavy atom. The lowest BCUT2D eigenvalue weighted by Gasteiger charge is -2.36. The van der Waals surface area contributed by atoms with Crippen LogP contribution in [0.1, 0.15) is 33.5 Å². The van der Waals surface area contributed by atoms with Crippen LogP contribution in [0.3, 0.4) is 0 Å². The van der Waals surface area contributed by atoms with Crippen LogP contribution in [-0.2, 0) is 4.43 Å². The van der Waals surface area contributed by atoms with E-state index in [9.17, 15) is 0 Å². The van der Waals surface area contributed by atoms with Crippen LogP contribution < -0.4 is 0 Å². The van der Waals surface area contributed by atoms with Crippen LogP contribution in [0, 0.1) is 0 Å². The Morgan fingerprint density at radius 3 is 2.44 bits per heavy atom. The molecular formula is C13H22O2Si. The van der Waals surface area contributed by atoms with Crippen molar-refractivity contribution in [1.82, 2.24) is 0 Å². The van der Waals surface area contributed by atoms with Gasteiger partial charge in [-0.3, -0.25) is 0 Å². The molecule has 0 aliphatic carbocycles. The lowest BCUT2D eigenvalue weighted by atomic mass is 10.2. The van der Waals surface area contributed by atoms with Gasteiger partial charge in [-0.25, -0.2) is 0 Å². The van der Waals surface area contributed by atoms with E-state index in [1.165, 1.54) is 0 Å². The van der Waals surface area contributed by atoms with Crippen LogP contribution in [0.2, 0.25) is 18.1 Å². The van der Waals surface area contributed by atoms with Crippen LogP contribution in [0.25, 0.3) is 6.08 Å². The van der Waals surface area contributed by atoms with Gasteiger partial charge in [0.15, 0.2) is 0 Å². The molecule has 0 N–H and O–H groups in total.